The molecule has 1 atom stereocenters. The molecule has 1 fully saturated rings. The summed E-state index contributed by atoms with van der Waals surface area (Å²) in [6.45, 7) is 3.98. The minimum absolute atomic E-state index is 0.110. The summed E-state index contributed by atoms with van der Waals surface area (Å²) in [5.74, 6) is 0.867. The van der Waals surface area contributed by atoms with Crippen molar-refractivity contribution in [2.24, 2.45) is 11.8 Å². The fraction of sp³-hybridized carbons (Fsp3) is 0.278. The van der Waals surface area contributed by atoms with E-state index < -0.39 is 0 Å². The van der Waals surface area contributed by atoms with Gasteiger partial charge in [0, 0.05) is 11.5 Å². The number of benzene rings is 2. The normalized spacial score (nSPS) is 16.4. The molecule has 0 radical (unpaired) electrons. The summed E-state index contributed by atoms with van der Waals surface area (Å²) in [6, 6.07) is 18.2. The smallest absolute Gasteiger partial charge is 0.166 e. The lowest BCUT2D eigenvalue weighted by atomic mass is 9.83. The molecule has 0 saturated carbocycles. The molecule has 0 aromatic heterocycles. The van der Waals surface area contributed by atoms with Gasteiger partial charge in [-0.05, 0) is 30.1 Å². The second-order valence-electron chi connectivity index (χ2n) is 5.51. The van der Waals surface area contributed by atoms with Crippen LogP contribution in [0.3, 0.4) is 0 Å². The zero-order valence-electron chi connectivity index (χ0n) is 11.7. The molecule has 3 rings (SSSR count). The van der Waals surface area contributed by atoms with Crippen LogP contribution in [0.15, 0.2) is 54.6 Å². The first-order valence-corrected chi connectivity index (χ1v) is 7.16. The molecule has 20 heavy (non-hydrogen) atoms. The molecule has 102 valence electrons. The van der Waals surface area contributed by atoms with Gasteiger partial charge in [0.2, 0.25) is 0 Å². The Morgan fingerprint density at radius 3 is 2.15 bits per heavy atom. The first kappa shape index (κ1) is 13.1. The van der Waals surface area contributed by atoms with E-state index in [0.717, 1.165) is 24.2 Å². The Hall–Kier alpha value is -1.93. The van der Waals surface area contributed by atoms with Gasteiger partial charge in [-0.15, -0.1) is 0 Å². The quantitative estimate of drug-likeness (QED) is 0.859. The SMILES string of the molecule is CC(C(=O)c1ccc(-c2ccccc2)cc1)C1CNC1. The van der Waals surface area contributed by atoms with Crippen LogP contribution < -0.4 is 5.32 Å². The van der Waals surface area contributed by atoms with E-state index in [1.54, 1.807) is 0 Å². The highest BCUT2D eigenvalue weighted by atomic mass is 16.1. The average Bonchev–Trinajstić information content (AvgIpc) is 2.46. The van der Waals surface area contributed by atoms with Crippen molar-refractivity contribution in [1.29, 1.82) is 0 Å². The first-order valence-electron chi connectivity index (χ1n) is 7.16. The topological polar surface area (TPSA) is 29.1 Å². The molecule has 1 aliphatic rings. The Kier molecular flexibility index (Phi) is 3.66. The number of hydrogen-bond donors (Lipinski definition) is 1. The standard InChI is InChI=1S/C18H19NO/c1-13(17-11-19-12-17)18(20)16-9-7-15(8-10-16)14-5-3-2-4-6-14/h2-10,13,17,19H,11-12H2,1H3. The van der Waals surface area contributed by atoms with E-state index in [2.05, 4.69) is 17.4 Å². The van der Waals surface area contributed by atoms with Gasteiger partial charge in [0.15, 0.2) is 5.78 Å². The van der Waals surface area contributed by atoms with Gasteiger partial charge in [0.25, 0.3) is 0 Å². The third-order valence-corrected chi connectivity index (χ3v) is 4.21. The second kappa shape index (κ2) is 5.59. The number of rotatable bonds is 4. The number of carbonyl (C=O) groups excluding carboxylic acids is 1. The fourth-order valence-corrected chi connectivity index (χ4v) is 2.60. The monoisotopic (exact) mass is 265 g/mol. The van der Waals surface area contributed by atoms with E-state index >= 15 is 0 Å². The lowest BCUT2D eigenvalue weighted by Crippen LogP contribution is -2.47. The van der Waals surface area contributed by atoms with Crippen molar-refractivity contribution in [1.82, 2.24) is 5.32 Å². The van der Waals surface area contributed by atoms with Crippen molar-refractivity contribution in [3.05, 3.63) is 60.2 Å². The molecule has 0 amide bonds. The summed E-state index contributed by atoms with van der Waals surface area (Å²) in [4.78, 5) is 12.4. The van der Waals surface area contributed by atoms with E-state index in [4.69, 9.17) is 0 Å². The molecule has 0 spiro atoms. The third kappa shape index (κ3) is 2.52. The van der Waals surface area contributed by atoms with E-state index in [1.807, 2.05) is 49.4 Å². The van der Waals surface area contributed by atoms with Crippen LogP contribution in [0.25, 0.3) is 11.1 Å². The molecule has 1 aliphatic heterocycles. The molecular formula is C18H19NO. The van der Waals surface area contributed by atoms with Crippen LogP contribution >= 0.6 is 0 Å². The summed E-state index contributed by atoms with van der Waals surface area (Å²) in [6.07, 6.45) is 0. The predicted molar refractivity (Wildman–Crippen MR) is 81.7 cm³/mol. The highest BCUT2D eigenvalue weighted by Crippen LogP contribution is 2.23. The summed E-state index contributed by atoms with van der Waals surface area (Å²) >= 11 is 0. The van der Waals surface area contributed by atoms with Crippen LogP contribution in [0.2, 0.25) is 0 Å². The number of Topliss-reactive ketones (excluding diaryl/α,β-unsaturated/α-hetero) is 1. The number of ketones is 1. The molecule has 0 aliphatic carbocycles. The molecule has 0 bridgehead atoms. The molecule has 1 saturated heterocycles. The molecule has 2 aromatic carbocycles. The summed E-state index contributed by atoms with van der Waals surface area (Å²) in [7, 11) is 0. The van der Waals surface area contributed by atoms with Gasteiger partial charge in [-0.25, -0.2) is 0 Å². The van der Waals surface area contributed by atoms with Gasteiger partial charge in [-0.2, -0.15) is 0 Å². The largest absolute Gasteiger partial charge is 0.316 e. The van der Waals surface area contributed by atoms with Gasteiger partial charge in [-0.1, -0.05) is 61.5 Å². The first-order chi connectivity index (χ1) is 9.75. The third-order valence-electron chi connectivity index (χ3n) is 4.21. The van der Waals surface area contributed by atoms with Crippen molar-refractivity contribution in [3.63, 3.8) is 0 Å². The van der Waals surface area contributed by atoms with Crippen LogP contribution in [-0.2, 0) is 0 Å². The molecule has 1 unspecified atom stereocenters. The van der Waals surface area contributed by atoms with E-state index in [0.29, 0.717) is 5.92 Å². The lowest BCUT2D eigenvalue weighted by molar-refractivity contribution is 0.0854. The van der Waals surface area contributed by atoms with Crippen molar-refractivity contribution >= 4 is 5.78 Å². The fourth-order valence-electron chi connectivity index (χ4n) is 2.60. The maximum atomic E-state index is 12.4. The van der Waals surface area contributed by atoms with Crippen LogP contribution in [-0.4, -0.2) is 18.9 Å². The van der Waals surface area contributed by atoms with Crippen molar-refractivity contribution in [3.8, 4) is 11.1 Å². The van der Waals surface area contributed by atoms with E-state index in [9.17, 15) is 4.79 Å². The highest BCUT2D eigenvalue weighted by Gasteiger charge is 2.29. The molecule has 2 nitrogen and oxygen atoms in total. The van der Waals surface area contributed by atoms with Crippen LogP contribution in [0.5, 0.6) is 0 Å². The Bertz CT molecular complexity index is 585. The summed E-state index contributed by atoms with van der Waals surface area (Å²) in [5.41, 5.74) is 3.16. The average molecular weight is 265 g/mol. The maximum Gasteiger partial charge on any atom is 0.166 e. The lowest BCUT2D eigenvalue weighted by Gasteiger charge is -2.31. The summed E-state index contributed by atoms with van der Waals surface area (Å²) < 4.78 is 0. The maximum absolute atomic E-state index is 12.4. The Balaban J connectivity index is 1.77. The van der Waals surface area contributed by atoms with E-state index in [1.165, 1.54) is 5.56 Å². The second-order valence-corrected chi connectivity index (χ2v) is 5.51. The number of hydrogen-bond acceptors (Lipinski definition) is 2. The zero-order chi connectivity index (χ0) is 13.9. The van der Waals surface area contributed by atoms with E-state index in [-0.39, 0.29) is 11.7 Å². The Morgan fingerprint density at radius 2 is 1.60 bits per heavy atom. The van der Waals surface area contributed by atoms with Crippen molar-refractivity contribution < 1.29 is 4.79 Å². The van der Waals surface area contributed by atoms with Crippen LogP contribution in [0.1, 0.15) is 17.3 Å². The Labute approximate surface area is 119 Å². The number of nitrogens with one attached hydrogen (secondary N) is 1. The van der Waals surface area contributed by atoms with Crippen LogP contribution in [0.4, 0.5) is 0 Å². The van der Waals surface area contributed by atoms with Crippen molar-refractivity contribution in [2.45, 2.75) is 6.92 Å². The molecule has 2 heteroatoms. The predicted octanol–water partition coefficient (Wildman–Crippen LogP) is 3.39. The highest BCUT2D eigenvalue weighted by molar-refractivity contribution is 5.98. The summed E-state index contributed by atoms with van der Waals surface area (Å²) in [5, 5.41) is 3.23. The molecular weight excluding hydrogens is 246 g/mol. The van der Waals surface area contributed by atoms with Crippen LogP contribution in [0, 0.1) is 11.8 Å². The molecule has 2 aromatic rings. The van der Waals surface area contributed by atoms with Crippen molar-refractivity contribution in [2.75, 3.05) is 13.1 Å². The minimum Gasteiger partial charge on any atom is -0.316 e. The Morgan fingerprint density at radius 1 is 1.00 bits per heavy atom. The minimum atomic E-state index is 0.110. The zero-order valence-corrected chi connectivity index (χ0v) is 11.7. The van der Waals surface area contributed by atoms with Gasteiger partial charge in [0.05, 0.1) is 0 Å². The van der Waals surface area contributed by atoms with Gasteiger partial charge < -0.3 is 5.32 Å². The van der Waals surface area contributed by atoms with Gasteiger partial charge in [0.1, 0.15) is 0 Å². The van der Waals surface area contributed by atoms with Gasteiger partial charge in [-0.3, -0.25) is 4.79 Å². The molecule has 1 N–H and O–H groups in total. The number of carbonyl (C=O) groups is 1. The molecule has 1 heterocycles. The van der Waals surface area contributed by atoms with Gasteiger partial charge >= 0.3 is 0 Å².